The molecule has 2 bridgehead atoms. The average Bonchev–Trinajstić information content (AvgIpc) is 3.14. The Morgan fingerprint density at radius 2 is 1.00 bits per heavy atom. The third-order valence-corrected chi connectivity index (χ3v) is 10.8. The number of hydrogen-bond acceptors (Lipinski definition) is 4. The largest absolute Gasteiger partial charge is 0.208 e. The monoisotopic (exact) mass is 636 g/mol. The molecule has 4 atom stereocenters. The molecule has 1 heterocycles. The Morgan fingerprint density at radius 3 is 1.59 bits per heavy atom. The summed E-state index contributed by atoms with van der Waals surface area (Å²) in [5.74, 6) is 4.36. The lowest BCUT2D eigenvalue weighted by Crippen LogP contribution is -2.42. The van der Waals surface area contributed by atoms with Crippen molar-refractivity contribution in [2.24, 2.45) is 17.8 Å². The molecule has 4 heteroatoms. The summed E-state index contributed by atoms with van der Waals surface area (Å²) in [6, 6.07) is 46.2. The maximum atomic E-state index is 9.21. The lowest BCUT2D eigenvalue weighted by Gasteiger charge is -2.50. The molecule has 6 aromatic rings. The van der Waals surface area contributed by atoms with Crippen LogP contribution in [0.25, 0.3) is 56.4 Å². The van der Waals surface area contributed by atoms with Crippen molar-refractivity contribution in [3.05, 3.63) is 139 Å². The van der Waals surface area contributed by atoms with E-state index in [2.05, 4.69) is 117 Å². The Labute approximate surface area is 289 Å². The van der Waals surface area contributed by atoms with Gasteiger partial charge in [0.1, 0.15) is 0 Å². The summed E-state index contributed by atoms with van der Waals surface area (Å²) in [5.41, 5.74) is 9.65. The van der Waals surface area contributed by atoms with E-state index in [1.807, 2.05) is 30.3 Å². The standard InChI is InChI=1S/C45H40N4/c1-30-24-33-25-31(2)27-45(26-30,28-33)39-22-20-38(21-23-39)43-47-42(37-18-16-35(17-19-37)34-14-12-32(29-46)13-15-34)48-44(49-43)41-11-7-6-10-40(41)36-8-4-3-5-9-36/h3-23,30-31,33H,24-28H2,1-2H3/t30-,31+,33?,45?. The molecule has 0 N–H and O–H groups in total. The maximum Gasteiger partial charge on any atom is 0.164 e. The summed E-state index contributed by atoms with van der Waals surface area (Å²) in [7, 11) is 0. The van der Waals surface area contributed by atoms with Gasteiger partial charge in [-0.3, -0.25) is 0 Å². The van der Waals surface area contributed by atoms with Gasteiger partial charge in [0.15, 0.2) is 17.5 Å². The number of nitrogens with zero attached hydrogens (tertiary/aromatic N) is 4. The van der Waals surface area contributed by atoms with Gasteiger partial charge in [0, 0.05) is 16.7 Å². The molecule has 1 aromatic heterocycles. The van der Waals surface area contributed by atoms with Gasteiger partial charge < -0.3 is 0 Å². The summed E-state index contributed by atoms with van der Waals surface area (Å²) in [6.45, 7) is 4.90. The number of fused-ring (bicyclic) bond motifs is 2. The van der Waals surface area contributed by atoms with E-state index >= 15 is 0 Å². The second-order valence-corrected chi connectivity index (χ2v) is 14.5. The van der Waals surface area contributed by atoms with Crippen molar-refractivity contribution in [1.29, 1.82) is 5.26 Å². The van der Waals surface area contributed by atoms with Crippen LogP contribution in [-0.2, 0) is 5.41 Å². The van der Waals surface area contributed by atoms with Gasteiger partial charge in [-0.05, 0) is 95.2 Å². The molecule has 2 aliphatic carbocycles. The molecule has 0 radical (unpaired) electrons. The zero-order chi connectivity index (χ0) is 33.4. The highest BCUT2D eigenvalue weighted by Gasteiger charge is 2.45. The normalized spacial score (nSPS) is 21.5. The fraction of sp³-hybridized carbons (Fsp3) is 0.244. The lowest BCUT2D eigenvalue weighted by atomic mass is 9.54. The highest BCUT2D eigenvalue weighted by molar-refractivity contribution is 5.82. The molecule has 0 saturated heterocycles. The van der Waals surface area contributed by atoms with Crippen molar-refractivity contribution in [3.63, 3.8) is 0 Å². The van der Waals surface area contributed by atoms with Gasteiger partial charge in [-0.25, -0.2) is 15.0 Å². The van der Waals surface area contributed by atoms with Gasteiger partial charge in [0.2, 0.25) is 0 Å². The van der Waals surface area contributed by atoms with E-state index in [-0.39, 0.29) is 5.41 Å². The molecule has 2 unspecified atom stereocenters. The number of rotatable bonds is 6. The quantitative estimate of drug-likeness (QED) is 0.182. The fourth-order valence-corrected chi connectivity index (χ4v) is 8.88. The number of nitriles is 1. The third kappa shape index (κ3) is 6.18. The SMILES string of the molecule is C[C@@H]1CC2C[C@H](C)CC(c3ccc(-c4nc(-c5ccc(-c6ccc(C#N)cc6)cc5)nc(-c5ccccc5-c5ccccc5)n4)cc3)(C2)C1. The summed E-state index contributed by atoms with van der Waals surface area (Å²) in [4.78, 5) is 15.3. The molecule has 2 aliphatic rings. The lowest BCUT2D eigenvalue weighted by molar-refractivity contribution is 0.0780. The number of hydrogen-bond donors (Lipinski definition) is 0. The molecule has 4 nitrogen and oxygen atoms in total. The molecule has 49 heavy (non-hydrogen) atoms. The molecule has 0 aliphatic heterocycles. The van der Waals surface area contributed by atoms with Crippen molar-refractivity contribution in [2.45, 2.75) is 51.4 Å². The Morgan fingerprint density at radius 1 is 0.510 bits per heavy atom. The first kappa shape index (κ1) is 30.9. The van der Waals surface area contributed by atoms with Gasteiger partial charge in [-0.1, -0.05) is 129 Å². The Balaban J connectivity index is 1.21. The topological polar surface area (TPSA) is 62.5 Å². The average molecular weight is 637 g/mol. The molecule has 2 saturated carbocycles. The van der Waals surface area contributed by atoms with Crippen LogP contribution >= 0.6 is 0 Å². The smallest absolute Gasteiger partial charge is 0.164 e. The van der Waals surface area contributed by atoms with Gasteiger partial charge in [-0.15, -0.1) is 0 Å². The van der Waals surface area contributed by atoms with Crippen LogP contribution in [0.4, 0.5) is 0 Å². The second kappa shape index (κ2) is 12.9. The van der Waals surface area contributed by atoms with Crippen molar-refractivity contribution in [1.82, 2.24) is 15.0 Å². The Hall–Kier alpha value is -5.40. The van der Waals surface area contributed by atoms with Crippen molar-refractivity contribution >= 4 is 0 Å². The van der Waals surface area contributed by atoms with E-state index in [9.17, 15) is 5.26 Å². The molecule has 0 spiro atoms. The van der Waals surface area contributed by atoms with Crippen LogP contribution in [-0.4, -0.2) is 15.0 Å². The van der Waals surface area contributed by atoms with Gasteiger partial charge >= 0.3 is 0 Å². The molecular weight excluding hydrogens is 597 g/mol. The Bertz CT molecular complexity index is 2110. The molecule has 240 valence electrons. The van der Waals surface area contributed by atoms with Crippen LogP contribution in [0.2, 0.25) is 0 Å². The van der Waals surface area contributed by atoms with Crippen LogP contribution in [0, 0.1) is 29.1 Å². The zero-order valence-corrected chi connectivity index (χ0v) is 28.2. The third-order valence-electron chi connectivity index (χ3n) is 10.8. The highest BCUT2D eigenvalue weighted by Crippen LogP contribution is 2.54. The first-order valence-corrected chi connectivity index (χ1v) is 17.6. The van der Waals surface area contributed by atoms with E-state index in [0.717, 1.165) is 56.7 Å². The minimum Gasteiger partial charge on any atom is -0.208 e. The molecule has 5 aromatic carbocycles. The van der Waals surface area contributed by atoms with Crippen LogP contribution in [0.3, 0.4) is 0 Å². The van der Waals surface area contributed by atoms with E-state index in [4.69, 9.17) is 15.0 Å². The highest BCUT2D eigenvalue weighted by atomic mass is 15.0. The Kier molecular flexibility index (Phi) is 8.14. The van der Waals surface area contributed by atoms with Crippen molar-refractivity contribution in [2.75, 3.05) is 0 Å². The molecule has 0 amide bonds. The van der Waals surface area contributed by atoms with Crippen molar-refractivity contribution < 1.29 is 0 Å². The first-order valence-electron chi connectivity index (χ1n) is 17.6. The van der Waals surface area contributed by atoms with Crippen molar-refractivity contribution in [3.8, 4) is 62.5 Å². The second-order valence-electron chi connectivity index (χ2n) is 14.5. The molecular formula is C45H40N4. The molecule has 8 rings (SSSR count). The van der Waals surface area contributed by atoms with E-state index < -0.39 is 0 Å². The molecule has 2 fully saturated rings. The zero-order valence-electron chi connectivity index (χ0n) is 28.2. The van der Waals surface area contributed by atoms with Crippen LogP contribution in [0.1, 0.15) is 57.1 Å². The van der Waals surface area contributed by atoms with Gasteiger partial charge in [0.25, 0.3) is 0 Å². The van der Waals surface area contributed by atoms with Gasteiger partial charge in [0.05, 0.1) is 11.6 Å². The van der Waals surface area contributed by atoms with E-state index in [1.165, 1.54) is 37.7 Å². The van der Waals surface area contributed by atoms with Crippen LogP contribution in [0.5, 0.6) is 0 Å². The summed E-state index contributed by atoms with van der Waals surface area (Å²) in [6.07, 6.45) is 6.62. The minimum absolute atomic E-state index is 0.277. The summed E-state index contributed by atoms with van der Waals surface area (Å²) < 4.78 is 0. The number of benzene rings is 5. The van der Waals surface area contributed by atoms with E-state index in [0.29, 0.717) is 23.0 Å². The number of aromatic nitrogens is 3. The van der Waals surface area contributed by atoms with Gasteiger partial charge in [-0.2, -0.15) is 5.26 Å². The maximum absolute atomic E-state index is 9.21. The first-order chi connectivity index (χ1) is 24.0. The fourth-order valence-electron chi connectivity index (χ4n) is 8.88. The predicted octanol–water partition coefficient (Wildman–Crippen LogP) is 11.2. The predicted molar refractivity (Wildman–Crippen MR) is 198 cm³/mol. The van der Waals surface area contributed by atoms with Crippen LogP contribution < -0.4 is 0 Å². The summed E-state index contributed by atoms with van der Waals surface area (Å²) >= 11 is 0. The van der Waals surface area contributed by atoms with Crippen LogP contribution in [0.15, 0.2) is 127 Å². The van der Waals surface area contributed by atoms with E-state index in [1.54, 1.807) is 0 Å². The summed E-state index contributed by atoms with van der Waals surface area (Å²) in [5, 5.41) is 9.21. The minimum atomic E-state index is 0.277.